The third-order valence-electron chi connectivity index (χ3n) is 6.11. The van der Waals surface area contributed by atoms with E-state index in [9.17, 15) is 4.79 Å². The van der Waals surface area contributed by atoms with Crippen LogP contribution in [-0.2, 0) is 6.54 Å². The topological polar surface area (TPSA) is 92.3 Å². The lowest BCUT2D eigenvalue weighted by molar-refractivity contribution is 0.355. The highest BCUT2D eigenvalue weighted by atomic mass is 16.5. The van der Waals surface area contributed by atoms with Crippen LogP contribution in [0.1, 0.15) is 31.2 Å². The zero-order valence-corrected chi connectivity index (χ0v) is 20.6. The lowest BCUT2D eigenvalue weighted by Gasteiger charge is -2.11. The van der Waals surface area contributed by atoms with Crippen LogP contribution in [0.2, 0.25) is 0 Å². The van der Waals surface area contributed by atoms with E-state index in [1.165, 1.54) is 10.2 Å². The molecule has 0 radical (unpaired) electrons. The molecule has 0 N–H and O–H groups in total. The zero-order valence-electron chi connectivity index (χ0n) is 20.6. The van der Waals surface area contributed by atoms with Crippen molar-refractivity contribution in [3.8, 4) is 34.1 Å². The lowest BCUT2D eigenvalue weighted by atomic mass is 9.99. The maximum absolute atomic E-state index is 13.3. The van der Waals surface area contributed by atoms with Crippen LogP contribution in [0.15, 0.2) is 76.0 Å². The molecule has 5 aromatic rings. The number of ether oxygens (including phenoxy) is 2. The fourth-order valence-electron chi connectivity index (χ4n) is 4.12. The van der Waals surface area contributed by atoms with Crippen molar-refractivity contribution < 1.29 is 14.0 Å². The normalized spacial score (nSPS) is 11.2. The first-order valence-corrected chi connectivity index (χ1v) is 11.6. The number of rotatable bonds is 7. The van der Waals surface area contributed by atoms with Crippen molar-refractivity contribution in [3.05, 3.63) is 88.5 Å². The van der Waals surface area contributed by atoms with E-state index in [-0.39, 0.29) is 18.0 Å². The van der Waals surface area contributed by atoms with Crippen molar-refractivity contribution in [1.82, 2.24) is 19.9 Å². The Morgan fingerprint density at radius 3 is 2.28 bits per heavy atom. The molecule has 0 aliphatic carbocycles. The van der Waals surface area contributed by atoms with Gasteiger partial charge >= 0.3 is 0 Å². The third kappa shape index (κ3) is 4.33. The summed E-state index contributed by atoms with van der Waals surface area (Å²) in [7, 11) is 3.14. The number of hydrogen-bond donors (Lipinski definition) is 0. The van der Waals surface area contributed by atoms with Crippen molar-refractivity contribution in [2.45, 2.75) is 26.3 Å². The second kappa shape index (κ2) is 9.65. The molecule has 36 heavy (non-hydrogen) atoms. The molecule has 2 aromatic heterocycles. The minimum Gasteiger partial charge on any atom is -0.493 e. The maximum atomic E-state index is 13.3. The summed E-state index contributed by atoms with van der Waals surface area (Å²) < 4.78 is 17.5. The SMILES string of the molecule is COc1ccc(-c2noc(Cn3nc(-c4ccc(C(C)C)cc4)c4ccccc4c3=O)n2)cc1OC. The summed E-state index contributed by atoms with van der Waals surface area (Å²) >= 11 is 0. The highest BCUT2D eigenvalue weighted by Gasteiger charge is 2.17. The molecule has 8 nitrogen and oxygen atoms in total. The molecule has 0 saturated carbocycles. The standard InChI is InChI=1S/C28H26N4O4/c1-17(2)18-9-11-19(12-10-18)26-21-7-5-6-8-22(21)28(33)32(30-26)16-25-29-27(31-36-25)20-13-14-23(34-3)24(15-20)35-4/h5-15,17H,16H2,1-4H3. The minimum atomic E-state index is -0.223. The Kier molecular flexibility index (Phi) is 6.25. The van der Waals surface area contributed by atoms with E-state index >= 15 is 0 Å². The molecule has 0 atom stereocenters. The summed E-state index contributed by atoms with van der Waals surface area (Å²) in [4.78, 5) is 17.8. The van der Waals surface area contributed by atoms with Crippen LogP contribution < -0.4 is 15.0 Å². The van der Waals surface area contributed by atoms with Gasteiger partial charge in [-0.1, -0.05) is 61.5 Å². The second-order valence-electron chi connectivity index (χ2n) is 8.72. The zero-order chi connectivity index (χ0) is 25.2. The average molecular weight is 483 g/mol. The molecule has 0 amide bonds. The van der Waals surface area contributed by atoms with Crippen LogP contribution in [0.25, 0.3) is 33.4 Å². The van der Waals surface area contributed by atoms with Gasteiger partial charge < -0.3 is 14.0 Å². The Hall–Kier alpha value is -4.46. The van der Waals surface area contributed by atoms with Gasteiger partial charge in [0.2, 0.25) is 11.7 Å². The number of fused-ring (bicyclic) bond motifs is 1. The average Bonchev–Trinajstić information content (AvgIpc) is 3.38. The van der Waals surface area contributed by atoms with E-state index in [2.05, 4.69) is 36.1 Å². The molecule has 0 bridgehead atoms. The fraction of sp³-hybridized carbons (Fsp3) is 0.214. The summed E-state index contributed by atoms with van der Waals surface area (Å²) in [6.45, 7) is 4.36. The first-order chi connectivity index (χ1) is 17.5. The summed E-state index contributed by atoms with van der Waals surface area (Å²) in [6, 6.07) is 21.1. The van der Waals surface area contributed by atoms with Gasteiger partial charge in [-0.15, -0.1) is 0 Å². The molecule has 0 aliphatic heterocycles. The number of aromatic nitrogens is 4. The Morgan fingerprint density at radius 2 is 1.58 bits per heavy atom. The van der Waals surface area contributed by atoms with Gasteiger partial charge in [0.25, 0.3) is 5.56 Å². The molecule has 0 spiro atoms. The van der Waals surface area contributed by atoms with E-state index in [1.807, 2.05) is 42.5 Å². The highest BCUT2D eigenvalue weighted by Crippen LogP contribution is 2.31. The van der Waals surface area contributed by atoms with Crippen molar-refractivity contribution >= 4 is 10.8 Å². The minimum absolute atomic E-state index is 0.0427. The van der Waals surface area contributed by atoms with Gasteiger partial charge in [-0.05, 0) is 35.7 Å². The van der Waals surface area contributed by atoms with E-state index in [1.54, 1.807) is 26.4 Å². The molecule has 0 saturated heterocycles. The van der Waals surface area contributed by atoms with Crippen LogP contribution in [0.4, 0.5) is 0 Å². The Labute approximate surface area is 208 Å². The smallest absolute Gasteiger partial charge is 0.275 e. The molecular weight excluding hydrogens is 456 g/mol. The van der Waals surface area contributed by atoms with Crippen LogP contribution in [0, 0.1) is 0 Å². The monoisotopic (exact) mass is 482 g/mol. The molecule has 0 fully saturated rings. The van der Waals surface area contributed by atoms with Gasteiger partial charge in [0, 0.05) is 16.5 Å². The lowest BCUT2D eigenvalue weighted by Crippen LogP contribution is -2.24. The molecule has 182 valence electrons. The van der Waals surface area contributed by atoms with E-state index in [0.717, 1.165) is 16.6 Å². The maximum Gasteiger partial charge on any atom is 0.275 e. The molecular formula is C28H26N4O4. The summed E-state index contributed by atoms with van der Waals surface area (Å²) in [5.74, 6) is 2.23. The van der Waals surface area contributed by atoms with E-state index in [0.29, 0.717) is 34.2 Å². The largest absolute Gasteiger partial charge is 0.493 e. The van der Waals surface area contributed by atoms with Crippen LogP contribution in [-0.4, -0.2) is 34.1 Å². The van der Waals surface area contributed by atoms with Crippen LogP contribution in [0.5, 0.6) is 11.5 Å². The molecule has 3 aromatic carbocycles. The van der Waals surface area contributed by atoms with Crippen molar-refractivity contribution in [2.75, 3.05) is 14.2 Å². The first kappa shape index (κ1) is 23.3. The molecule has 0 aliphatic rings. The van der Waals surface area contributed by atoms with Gasteiger partial charge in [-0.25, -0.2) is 4.68 Å². The number of nitrogens with zero attached hydrogens (tertiary/aromatic N) is 4. The summed E-state index contributed by atoms with van der Waals surface area (Å²) in [6.07, 6.45) is 0. The number of methoxy groups -OCH3 is 2. The third-order valence-corrected chi connectivity index (χ3v) is 6.11. The van der Waals surface area contributed by atoms with Crippen LogP contribution >= 0.6 is 0 Å². The molecule has 5 rings (SSSR count). The van der Waals surface area contributed by atoms with Crippen molar-refractivity contribution in [1.29, 1.82) is 0 Å². The predicted molar refractivity (Wildman–Crippen MR) is 137 cm³/mol. The Morgan fingerprint density at radius 1 is 0.889 bits per heavy atom. The van der Waals surface area contributed by atoms with Gasteiger partial charge in [-0.3, -0.25) is 4.79 Å². The highest BCUT2D eigenvalue weighted by molar-refractivity contribution is 5.93. The predicted octanol–water partition coefficient (Wildman–Crippen LogP) is 5.30. The molecule has 2 heterocycles. The second-order valence-corrected chi connectivity index (χ2v) is 8.72. The molecule has 8 heteroatoms. The Balaban J connectivity index is 1.53. The van der Waals surface area contributed by atoms with Crippen LogP contribution in [0.3, 0.4) is 0 Å². The number of hydrogen-bond acceptors (Lipinski definition) is 7. The quantitative estimate of drug-likeness (QED) is 0.311. The van der Waals surface area contributed by atoms with Gasteiger partial charge in [0.1, 0.15) is 6.54 Å². The summed E-state index contributed by atoms with van der Waals surface area (Å²) in [5.41, 5.74) is 3.37. The van der Waals surface area contributed by atoms with Gasteiger partial charge in [-0.2, -0.15) is 10.1 Å². The number of benzene rings is 3. The van der Waals surface area contributed by atoms with Crippen molar-refractivity contribution in [2.24, 2.45) is 0 Å². The van der Waals surface area contributed by atoms with E-state index in [4.69, 9.17) is 19.1 Å². The summed E-state index contributed by atoms with van der Waals surface area (Å²) in [5, 5.41) is 10.2. The van der Waals surface area contributed by atoms with E-state index < -0.39 is 0 Å². The Bertz CT molecular complexity index is 1590. The van der Waals surface area contributed by atoms with Crippen molar-refractivity contribution in [3.63, 3.8) is 0 Å². The first-order valence-electron chi connectivity index (χ1n) is 11.6. The fourth-order valence-corrected chi connectivity index (χ4v) is 4.12. The van der Waals surface area contributed by atoms with Gasteiger partial charge in [0.15, 0.2) is 11.5 Å². The molecule has 0 unspecified atom stereocenters. The van der Waals surface area contributed by atoms with Gasteiger partial charge in [0.05, 0.1) is 25.3 Å².